The number of aryl methyl sites for hydroxylation is 1. The molecule has 1 aliphatic rings. The van der Waals surface area contributed by atoms with Crippen LogP contribution in [0, 0.1) is 0 Å². The van der Waals surface area contributed by atoms with E-state index in [1.807, 2.05) is 0 Å². The molecule has 0 spiro atoms. The molecule has 0 bridgehead atoms. The molecule has 2 heterocycles. The lowest BCUT2D eigenvalue weighted by Gasteiger charge is -2.29. The van der Waals surface area contributed by atoms with Crippen molar-refractivity contribution < 1.29 is 9.53 Å². The summed E-state index contributed by atoms with van der Waals surface area (Å²) >= 11 is 0. The third kappa shape index (κ3) is 1.99. The van der Waals surface area contributed by atoms with E-state index in [9.17, 15) is 4.79 Å². The van der Waals surface area contributed by atoms with Gasteiger partial charge in [-0.05, 0) is 18.2 Å². The maximum atomic E-state index is 12.0. The molecule has 1 amide bonds. The van der Waals surface area contributed by atoms with Crippen LogP contribution in [0.25, 0.3) is 0 Å². The third-order valence-electron chi connectivity index (χ3n) is 3.03. The van der Waals surface area contributed by atoms with E-state index >= 15 is 0 Å². The highest BCUT2D eigenvalue weighted by molar-refractivity contribution is 5.98. The molecule has 1 aromatic carbocycles. The molecule has 1 aromatic heterocycles. The molecule has 7 heteroatoms. The van der Waals surface area contributed by atoms with E-state index in [-0.39, 0.29) is 12.5 Å². The van der Waals surface area contributed by atoms with Gasteiger partial charge in [0.2, 0.25) is 0 Å². The standard InChI is InChI=1S/C12H13N5O2/c1-16-11(14-7-15-16)5-17-9-4-8(13)2-3-10(9)19-6-12(17)18/h2-4,7H,5-6,13H2,1H3. The Balaban J connectivity index is 1.99. The van der Waals surface area contributed by atoms with Crippen LogP contribution in [-0.2, 0) is 18.4 Å². The van der Waals surface area contributed by atoms with Crippen LogP contribution in [0.5, 0.6) is 5.75 Å². The number of fused-ring (bicyclic) bond motifs is 1. The van der Waals surface area contributed by atoms with Gasteiger partial charge in [0.1, 0.15) is 17.9 Å². The van der Waals surface area contributed by atoms with Gasteiger partial charge in [-0.3, -0.25) is 14.4 Å². The molecule has 0 atom stereocenters. The second kappa shape index (κ2) is 4.27. The fraction of sp³-hybridized carbons (Fsp3) is 0.250. The van der Waals surface area contributed by atoms with E-state index in [0.29, 0.717) is 29.5 Å². The summed E-state index contributed by atoms with van der Waals surface area (Å²) in [5.74, 6) is 1.22. The summed E-state index contributed by atoms with van der Waals surface area (Å²) < 4.78 is 7.01. The number of anilines is 2. The number of ether oxygens (including phenoxy) is 1. The van der Waals surface area contributed by atoms with Gasteiger partial charge >= 0.3 is 0 Å². The van der Waals surface area contributed by atoms with Crippen molar-refractivity contribution >= 4 is 17.3 Å². The van der Waals surface area contributed by atoms with Gasteiger partial charge in [0.05, 0.1) is 12.2 Å². The van der Waals surface area contributed by atoms with Crippen molar-refractivity contribution in [3.05, 3.63) is 30.4 Å². The molecule has 0 aliphatic carbocycles. The van der Waals surface area contributed by atoms with Crippen LogP contribution >= 0.6 is 0 Å². The second-order valence-corrected chi connectivity index (χ2v) is 4.30. The molecule has 0 unspecified atom stereocenters. The average molecular weight is 259 g/mol. The zero-order valence-electron chi connectivity index (χ0n) is 10.4. The summed E-state index contributed by atoms with van der Waals surface area (Å²) in [6, 6.07) is 5.23. The first-order chi connectivity index (χ1) is 9.15. The monoisotopic (exact) mass is 259 g/mol. The molecule has 0 saturated heterocycles. The number of nitrogen functional groups attached to an aromatic ring is 1. The summed E-state index contributed by atoms with van der Waals surface area (Å²) in [6.45, 7) is 0.365. The Labute approximate surface area is 109 Å². The summed E-state index contributed by atoms with van der Waals surface area (Å²) in [5.41, 5.74) is 7.02. The number of hydrogen-bond acceptors (Lipinski definition) is 5. The fourth-order valence-electron chi connectivity index (χ4n) is 2.00. The number of nitrogens with two attached hydrogens (primary N) is 1. The number of aromatic nitrogens is 3. The number of hydrogen-bond donors (Lipinski definition) is 1. The Kier molecular flexibility index (Phi) is 2.59. The van der Waals surface area contributed by atoms with Crippen LogP contribution < -0.4 is 15.4 Å². The van der Waals surface area contributed by atoms with Crippen molar-refractivity contribution in [1.29, 1.82) is 0 Å². The number of carbonyl (C=O) groups is 1. The van der Waals surface area contributed by atoms with Crippen molar-refractivity contribution in [1.82, 2.24) is 14.8 Å². The quantitative estimate of drug-likeness (QED) is 0.785. The largest absolute Gasteiger partial charge is 0.482 e. The molecule has 0 radical (unpaired) electrons. The molecule has 0 saturated carbocycles. The van der Waals surface area contributed by atoms with Crippen molar-refractivity contribution in [3.63, 3.8) is 0 Å². The normalized spacial score (nSPS) is 14.2. The summed E-state index contributed by atoms with van der Waals surface area (Å²) in [6.07, 6.45) is 1.46. The number of rotatable bonds is 2. The van der Waals surface area contributed by atoms with E-state index in [1.165, 1.54) is 6.33 Å². The van der Waals surface area contributed by atoms with Crippen LogP contribution in [0.2, 0.25) is 0 Å². The van der Waals surface area contributed by atoms with Crippen LogP contribution in [0.15, 0.2) is 24.5 Å². The van der Waals surface area contributed by atoms with Gasteiger partial charge in [0.15, 0.2) is 6.61 Å². The van der Waals surface area contributed by atoms with Gasteiger partial charge in [-0.15, -0.1) is 0 Å². The minimum atomic E-state index is -0.124. The zero-order chi connectivity index (χ0) is 13.4. The lowest BCUT2D eigenvalue weighted by molar-refractivity contribution is -0.121. The molecular weight excluding hydrogens is 246 g/mol. The highest BCUT2D eigenvalue weighted by atomic mass is 16.5. The van der Waals surface area contributed by atoms with E-state index in [0.717, 1.165) is 0 Å². The Hall–Kier alpha value is -2.57. The predicted molar refractivity (Wildman–Crippen MR) is 68.5 cm³/mol. The van der Waals surface area contributed by atoms with Gasteiger partial charge in [0.25, 0.3) is 5.91 Å². The summed E-state index contributed by atoms with van der Waals surface area (Å²) in [5, 5.41) is 3.99. The smallest absolute Gasteiger partial charge is 0.265 e. The maximum Gasteiger partial charge on any atom is 0.265 e. The molecular formula is C12H13N5O2. The molecule has 7 nitrogen and oxygen atoms in total. The van der Waals surface area contributed by atoms with E-state index in [2.05, 4.69) is 10.1 Å². The topological polar surface area (TPSA) is 86.3 Å². The Morgan fingerprint density at radius 2 is 2.32 bits per heavy atom. The lowest BCUT2D eigenvalue weighted by atomic mass is 10.2. The highest BCUT2D eigenvalue weighted by Crippen LogP contribution is 2.34. The number of nitrogens with zero attached hydrogens (tertiary/aromatic N) is 4. The number of benzene rings is 1. The minimum Gasteiger partial charge on any atom is -0.482 e. The Bertz CT molecular complexity index is 637. The Morgan fingerprint density at radius 1 is 1.47 bits per heavy atom. The van der Waals surface area contributed by atoms with Crippen molar-refractivity contribution in [2.24, 2.45) is 7.05 Å². The third-order valence-corrected chi connectivity index (χ3v) is 3.03. The molecule has 2 N–H and O–H groups in total. The summed E-state index contributed by atoms with van der Waals surface area (Å²) in [4.78, 5) is 17.7. The molecule has 1 aliphatic heterocycles. The lowest BCUT2D eigenvalue weighted by Crippen LogP contribution is -2.39. The minimum absolute atomic E-state index is 0.0226. The molecule has 0 fully saturated rings. The van der Waals surface area contributed by atoms with Gasteiger partial charge in [-0.25, -0.2) is 4.98 Å². The van der Waals surface area contributed by atoms with Crippen molar-refractivity contribution in [2.45, 2.75) is 6.54 Å². The van der Waals surface area contributed by atoms with E-state index < -0.39 is 0 Å². The van der Waals surface area contributed by atoms with Crippen LogP contribution in [-0.4, -0.2) is 27.3 Å². The molecule has 2 aromatic rings. The van der Waals surface area contributed by atoms with Crippen molar-refractivity contribution in [2.75, 3.05) is 17.2 Å². The first kappa shape index (κ1) is 11.5. The van der Waals surface area contributed by atoms with Crippen LogP contribution in [0.3, 0.4) is 0 Å². The highest BCUT2D eigenvalue weighted by Gasteiger charge is 2.26. The molecule has 3 rings (SSSR count). The van der Waals surface area contributed by atoms with Gasteiger partial charge in [0, 0.05) is 12.7 Å². The van der Waals surface area contributed by atoms with Crippen molar-refractivity contribution in [3.8, 4) is 5.75 Å². The predicted octanol–water partition coefficient (Wildman–Crippen LogP) is 0.323. The van der Waals surface area contributed by atoms with Gasteiger partial charge in [-0.1, -0.05) is 0 Å². The van der Waals surface area contributed by atoms with E-state index in [1.54, 1.807) is 34.8 Å². The first-order valence-corrected chi connectivity index (χ1v) is 5.81. The molecule has 98 valence electrons. The first-order valence-electron chi connectivity index (χ1n) is 5.81. The summed E-state index contributed by atoms with van der Waals surface area (Å²) in [7, 11) is 1.79. The average Bonchev–Trinajstić information content (AvgIpc) is 2.79. The second-order valence-electron chi connectivity index (χ2n) is 4.30. The van der Waals surface area contributed by atoms with Crippen LogP contribution in [0.4, 0.5) is 11.4 Å². The van der Waals surface area contributed by atoms with Gasteiger partial charge in [-0.2, -0.15) is 5.10 Å². The van der Waals surface area contributed by atoms with Gasteiger partial charge < -0.3 is 10.5 Å². The number of amides is 1. The number of carbonyl (C=O) groups excluding carboxylic acids is 1. The Morgan fingerprint density at radius 3 is 3.05 bits per heavy atom. The van der Waals surface area contributed by atoms with Crippen LogP contribution in [0.1, 0.15) is 5.82 Å². The fourth-order valence-corrected chi connectivity index (χ4v) is 2.00. The molecule has 19 heavy (non-hydrogen) atoms. The zero-order valence-corrected chi connectivity index (χ0v) is 10.4. The van der Waals surface area contributed by atoms with E-state index in [4.69, 9.17) is 10.5 Å². The SMILES string of the molecule is Cn1ncnc1CN1C(=O)COc2ccc(N)cc21. The maximum absolute atomic E-state index is 12.0.